The van der Waals surface area contributed by atoms with Gasteiger partial charge >= 0.3 is 0 Å². The molecule has 0 atom stereocenters. The molecule has 0 unspecified atom stereocenters. The average Bonchev–Trinajstić information content (AvgIpc) is 2.30. The summed E-state index contributed by atoms with van der Waals surface area (Å²) >= 11 is 0. The number of hydrogen-bond donors (Lipinski definition) is 2. The second-order valence-electron chi connectivity index (χ2n) is 3.89. The molecular formula is C14H13NO2. The molecule has 2 aromatic carbocycles. The van der Waals surface area contributed by atoms with Crippen LogP contribution in [0.5, 0.6) is 5.75 Å². The number of primary amides is 1. The highest BCUT2D eigenvalue weighted by atomic mass is 16.3. The summed E-state index contributed by atoms with van der Waals surface area (Å²) in [5, 5.41) is 9.24. The Bertz CT molecular complexity index is 559. The molecule has 0 heterocycles. The van der Waals surface area contributed by atoms with Crippen molar-refractivity contribution in [3.05, 3.63) is 53.6 Å². The third-order valence-corrected chi connectivity index (χ3v) is 2.78. The Morgan fingerprint density at radius 1 is 1.12 bits per heavy atom. The van der Waals surface area contributed by atoms with Gasteiger partial charge < -0.3 is 10.8 Å². The van der Waals surface area contributed by atoms with Crippen LogP contribution in [0.25, 0.3) is 11.1 Å². The number of hydrogen-bond acceptors (Lipinski definition) is 2. The Kier molecular flexibility index (Phi) is 2.83. The van der Waals surface area contributed by atoms with E-state index in [1.165, 1.54) is 0 Å². The number of carbonyl (C=O) groups is 1. The van der Waals surface area contributed by atoms with Gasteiger partial charge in [-0.2, -0.15) is 0 Å². The standard InChI is InChI=1S/C14H13NO2/c1-9-12(3-2-4-13(9)14(15)17)10-5-7-11(16)8-6-10/h2-8,16H,1H3,(H2,15,17). The maximum atomic E-state index is 11.2. The largest absolute Gasteiger partial charge is 0.508 e. The first-order valence-electron chi connectivity index (χ1n) is 5.28. The highest BCUT2D eigenvalue weighted by Gasteiger charge is 2.09. The fraction of sp³-hybridized carbons (Fsp3) is 0.0714. The quantitative estimate of drug-likeness (QED) is 0.827. The molecule has 0 aliphatic rings. The van der Waals surface area contributed by atoms with Gasteiger partial charge in [-0.05, 0) is 41.8 Å². The molecule has 0 aromatic heterocycles. The van der Waals surface area contributed by atoms with E-state index in [-0.39, 0.29) is 5.75 Å². The van der Waals surface area contributed by atoms with Crippen molar-refractivity contribution in [3.63, 3.8) is 0 Å². The van der Waals surface area contributed by atoms with Gasteiger partial charge in [0.15, 0.2) is 0 Å². The summed E-state index contributed by atoms with van der Waals surface area (Å²) < 4.78 is 0. The van der Waals surface area contributed by atoms with Crippen LogP contribution in [-0.4, -0.2) is 11.0 Å². The lowest BCUT2D eigenvalue weighted by Gasteiger charge is -2.09. The molecule has 2 rings (SSSR count). The highest BCUT2D eigenvalue weighted by Crippen LogP contribution is 2.26. The Balaban J connectivity index is 2.56. The smallest absolute Gasteiger partial charge is 0.248 e. The number of rotatable bonds is 2. The Morgan fingerprint density at radius 3 is 2.35 bits per heavy atom. The van der Waals surface area contributed by atoms with E-state index in [0.717, 1.165) is 16.7 Å². The van der Waals surface area contributed by atoms with Crippen molar-refractivity contribution >= 4 is 5.91 Å². The molecule has 0 saturated heterocycles. The molecule has 1 amide bonds. The van der Waals surface area contributed by atoms with Gasteiger partial charge in [0.25, 0.3) is 0 Å². The average molecular weight is 227 g/mol. The molecule has 3 nitrogen and oxygen atoms in total. The third kappa shape index (κ3) is 2.13. The predicted molar refractivity (Wildman–Crippen MR) is 66.8 cm³/mol. The van der Waals surface area contributed by atoms with E-state index in [2.05, 4.69) is 0 Å². The molecule has 0 aliphatic carbocycles. The zero-order valence-electron chi connectivity index (χ0n) is 9.47. The number of nitrogens with two attached hydrogens (primary N) is 1. The van der Waals surface area contributed by atoms with E-state index in [9.17, 15) is 9.90 Å². The molecule has 0 aliphatic heterocycles. The Labute approximate surface area is 99.5 Å². The number of phenols is 1. The van der Waals surface area contributed by atoms with Crippen LogP contribution < -0.4 is 5.73 Å². The van der Waals surface area contributed by atoms with E-state index in [0.29, 0.717) is 5.56 Å². The van der Waals surface area contributed by atoms with Gasteiger partial charge in [-0.15, -0.1) is 0 Å². The van der Waals surface area contributed by atoms with Crippen LogP contribution >= 0.6 is 0 Å². The van der Waals surface area contributed by atoms with Crippen molar-refractivity contribution in [1.29, 1.82) is 0 Å². The van der Waals surface area contributed by atoms with Crippen molar-refractivity contribution < 1.29 is 9.90 Å². The monoisotopic (exact) mass is 227 g/mol. The minimum Gasteiger partial charge on any atom is -0.508 e. The fourth-order valence-corrected chi connectivity index (χ4v) is 1.86. The van der Waals surface area contributed by atoms with Crippen molar-refractivity contribution in [2.24, 2.45) is 5.73 Å². The summed E-state index contributed by atoms with van der Waals surface area (Å²) in [4.78, 5) is 11.2. The minimum atomic E-state index is -0.428. The van der Waals surface area contributed by atoms with Gasteiger partial charge in [-0.1, -0.05) is 24.3 Å². The van der Waals surface area contributed by atoms with E-state index >= 15 is 0 Å². The number of carbonyl (C=O) groups excluding carboxylic acids is 1. The molecule has 0 saturated carbocycles. The summed E-state index contributed by atoms with van der Waals surface area (Å²) in [7, 11) is 0. The zero-order valence-corrected chi connectivity index (χ0v) is 9.47. The molecule has 0 bridgehead atoms. The first-order chi connectivity index (χ1) is 8.09. The maximum Gasteiger partial charge on any atom is 0.248 e. The lowest BCUT2D eigenvalue weighted by molar-refractivity contribution is 0.1000. The molecule has 3 heteroatoms. The molecular weight excluding hydrogens is 214 g/mol. The van der Waals surface area contributed by atoms with E-state index in [4.69, 9.17) is 5.73 Å². The van der Waals surface area contributed by atoms with Gasteiger partial charge in [0, 0.05) is 5.56 Å². The summed E-state index contributed by atoms with van der Waals surface area (Å²) in [6.45, 7) is 1.86. The Morgan fingerprint density at radius 2 is 1.76 bits per heavy atom. The zero-order chi connectivity index (χ0) is 12.4. The minimum absolute atomic E-state index is 0.220. The van der Waals surface area contributed by atoms with Crippen molar-refractivity contribution in [2.75, 3.05) is 0 Å². The summed E-state index contributed by atoms with van der Waals surface area (Å²) in [5.74, 6) is -0.208. The Hall–Kier alpha value is -2.29. The van der Waals surface area contributed by atoms with Gasteiger partial charge in [-0.3, -0.25) is 4.79 Å². The van der Waals surface area contributed by atoms with Crippen LogP contribution in [0.3, 0.4) is 0 Å². The lowest BCUT2D eigenvalue weighted by atomic mass is 9.96. The lowest BCUT2D eigenvalue weighted by Crippen LogP contribution is -2.12. The van der Waals surface area contributed by atoms with Crippen LogP contribution in [0.2, 0.25) is 0 Å². The first kappa shape index (κ1) is 11.2. The van der Waals surface area contributed by atoms with Crippen LogP contribution in [0, 0.1) is 6.92 Å². The fourth-order valence-electron chi connectivity index (χ4n) is 1.86. The number of benzene rings is 2. The number of aromatic hydroxyl groups is 1. The normalized spacial score (nSPS) is 10.2. The van der Waals surface area contributed by atoms with Crippen LogP contribution in [-0.2, 0) is 0 Å². The van der Waals surface area contributed by atoms with E-state index < -0.39 is 5.91 Å². The number of amides is 1. The molecule has 0 spiro atoms. The molecule has 0 radical (unpaired) electrons. The van der Waals surface area contributed by atoms with Crippen LogP contribution in [0.4, 0.5) is 0 Å². The van der Waals surface area contributed by atoms with Crippen LogP contribution in [0.15, 0.2) is 42.5 Å². The van der Waals surface area contributed by atoms with Gasteiger partial charge in [-0.25, -0.2) is 0 Å². The molecule has 2 aromatic rings. The molecule has 3 N–H and O–H groups in total. The van der Waals surface area contributed by atoms with Crippen molar-refractivity contribution in [3.8, 4) is 16.9 Å². The first-order valence-corrected chi connectivity index (χ1v) is 5.28. The molecule has 17 heavy (non-hydrogen) atoms. The maximum absolute atomic E-state index is 11.2. The number of phenolic OH excluding ortho intramolecular Hbond substituents is 1. The van der Waals surface area contributed by atoms with E-state index in [1.807, 2.05) is 25.1 Å². The topological polar surface area (TPSA) is 63.3 Å². The van der Waals surface area contributed by atoms with Gasteiger partial charge in [0.2, 0.25) is 5.91 Å². The summed E-state index contributed by atoms with van der Waals surface area (Å²) in [6, 6.07) is 12.3. The molecule has 0 fully saturated rings. The summed E-state index contributed by atoms with van der Waals surface area (Å²) in [5.41, 5.74) is 8.58. The van der Waals surface area contributed by atoms with Gasteiger partial charge in [0.05, 0.1) is 0 Å². The third-order valence-electron chi connectivity index (χ3n) is 2.78. The highest BCUT2D eigenvalue weighted by molar-refractivity contribution is 5.96. The molecule has 86 valence electrons. The van der Waals surface area contributed by atoms with Crippen molar-refractivity contribution in [1.82, 2.24) is 0 Å². The van der Waals surface area contributed by atoms with Gasteiger partial charge in [0.1, 0.15) is 5.75 Å². The SMILES string of the molecule is Cc1c(C(N)=O)cccc1-c1ccc(O)cc1. The summed E-state index contributed by atoms with van der Waals surface area (Å²) in [6.07, 6.45) is 0. The predicted octanol–water partition coefficient (Wildman–Crippen LogP) is 2.47. The second kappa shape index (κ2) is 4.29. The second-order valence-corrected chi connectivity index (χ2v) is 3.89. The van der Waals surface area contributed by atoms with Crippen molar-refractivity contribution in [2.45, 2.75) is 6.92 Å². The van der Waals surface area contributed by atoms with Crippen LogP contribution in [0.1, 0.15) is 15.9 Å². The van der Waals surface area contributed by atoms with E-state index in [1.54, 1.807) is 24.3 Å².